The van der Waals surface area contributed by atoms with Crippen molar-refractivity contribution in [2.45, 2.75) is 24.0 Å². The van der Waals surface area contributed by atoms with Crippen LogP contribution in [-0.2, 0) is 9.59 Å². The van der Waals surface area contributed by atoms with Crippen LogP contribution in [0.1, 0.15) is 13.8 Å². The van der Waals surface area contributed by atoms with Gasteiger partial charge in [-0.1, -0.05) is 0 Å². The molecule has 0 aliphatic rings. The van der Waals surface area contributed by atoms with Crippen LogP contribution in [-0.4, -0.2) is 17.1 Å². The molecular weight excluding hydrogens is 334 g/mol. The number of nitrogens with one attached hydrogen (secondary N) is 2. The summed E-state index contributed by atoms with van der Waals surface area (Å²) in [7, 11) is 0. The molecule has 2 amide bonds. The second-order valence-corrected chi connectivity index (χ2v) is 6.50. The number of halogens is 2. The van der Waals surface area contributed by atoms with Gasteiger partial charge in [0.1, 0.15) is 0 Å². The summed E-state index contributed by atoms with van der Waals surface area (Å²) in [4.78, 5) is 23.6. The third kappa shape index (κ3) is 5.06. The first-order valence-electron chi connectivity index (χ1n) is 7.15. The molecular formula is C17H16F2N2O2S. The summed E-state index contributed by atoms with van der Waals surface area (Å²) in [5, 5.41) is 4.86. The first kappa shape index (κ1) is 17.9. The van der Waals surface area contributed by atoms with Crippen LogP contribution in [0.3, 0.4) is 0 Å². The fraction of sp³-hybridized carbons (Fsp3) is 0.176. The molecule has 1 atom stereocenters. The Balaban J connectivity index is 1.95. The van der Waals surface area contributed by atoms with E-state index in [1.165, 1.54) is 13.0 Å². The minimum Gasteiger partial charge on any atom is -0.326 e. The quantitative estimate of drug-likeness (QED) is 0.800. The molecule has 0 saturated heterocycles. The van der Waals surface area contributed by atoms with Gasteiger partial charge in [0.25, 0.3) is 0 Å². The summed E-state index contributed by atoms with van der Waals surface area (Å²) in [5.74, 6) is -2.31. The van der Waals surface area contributed by atoms with E-state index in [0.29, 0.717) is 16.3 Å². The summed E-state index contributed by atoms with van der Waals surface area (Å²) >= 11 is 1.13. The van der Waals surface area contributed by atoms with Crippen molar-refractivity contribution in [1.29, 1.82) is 0 Å². The van der Waals surface area contributed by atoms with Crippen LogP contribution < -0.4 is 10.6 Å². The maximum atomic E-state index is 13.2. The lowest BCUT2D eigenvalue weighted by Crippen LogP contribution is -2.22. The first-order chi connectivity index (χ1) is 11.3. The molecule has 2 rings (SSSR count). The van der Waals surface area contributed by atoms with Crippen molar-refractivity contribution in [3.63, 3.8) is 0 Å². The van der Waals surface area contributed by atoms with E-state index in [2.05, 4.69) is 10.6 Å². The second-order valence-electron chi connectivity index (χ2n) is 5.08. The molecule has 0 heterocycles. The molecule has 0 bridgehead atoms. The molecule has 0 aliphatic heterocycles. The molecule has 7 heteroatoms. The standard InChI is InChI=1S/C17H16F2N2O2S/c1-10(24-14-7-8-15(18)16(19)9-14)17(23)21-13-5-3-12(4-6-13)20-11(2)22/h3-10H,1-2H3,(H,20,22)(H,21,23)/t10-/m0/s1. The smallest absolute Gasteiger partial charge is 0.237 e. The Labute approximate surface area is 142 Å². The number of rotatable bonds is 5. The molecule has 4 nitrogen and oxygen atoms in total. The second kappa shape index (κ2) is 7.92. The van der Waals surface area contributed by atoms with E-state index >= 15 is 0 Å². The third-order valence-electron chi connectivity index (χ3n) is 3.05. The van der Waals surface area contributed by atoms with Crippen molar-refractivity contribution >= 4 is 35.0 Å². The topological polar surface area (TPSA) is 58.2 Å². The van der Waals surface area contributed by atoms with Crippen molar-refractivity contribution in [2.24, 2.45) is 0 Å². The molecule has 24 heavy (non-hydrogen) atoms. The molecule has 0 aromatic heterocycles. The van der Waals surface area contributed by atoms with Gasteiger partial charge in [-0.05, 0) is 49.4 Å². The number of carbonyl (C=O) groups is 2. The highest BCUT2D eigenvalue weighted by atomic mass is 32.2. The minimum absolute atomic E-state index is 0.177. The van der Waals surface area contributed by atoms with Gasteiger partial charge >= 0.3 is 0 Å². The van der Waals surface area contributed by atoms with Crippen LogP contribution >= 0.6 is 11.8 Å². The summed E-state index contributed by atoms with van der Waals surface area (Å²) in [6, 6.07) is 10.2. The monoisotopic (exact) mass is 350 g/mol. The molecule has 0 unspecified atom stereocenters. The molecule has 0 spiro atoms. The zero-order chi connectivity index (χ0) is 17.7. The molecule has 126 valence electrons. The van der Waals surface area contributed by atoms with E-state index < -0.39 is 16.9 Å². The lowest BCUT2D eigenvalue weighted by molar-refractivity contribution is -0.115. The number of carbonyl (C=O) groups excluding carboxylic acids is 2. The van der Waals surface area contributed by atoms with Gasteiger partial charge in [0, 0.05) is 23.2 Å². The van der Waals surface area contributed by atoms with Gasteiger partial charge in [0.2, 0.25) is 11.8 Å². The first-order valence-corrected chi connectivity index (χ1v) is 8.03. The lowest BCUT2D eigenvalue weighted by Gasteiger charge is -2.12. The summed E-state index contributed by atoms with van der Waals surface area (Å²) in [6.45, 7) is 3.08. The Kier molecular flexibility index (Phi) is 5.92. The Hall–Kier alpha value is -2.41. The van der Waals surface area contributed by atoms with Crippen LogP contribution in [0.15, 0.2) is 47.4 Å². The number of anilines is 2. The normalized spacial score (nSPS) is 11.7. The predicted octanol–water partition coefficient (Wildman–Crippen LogP) is 4.04. The summed E-state index contributed by atoms with van der Waals surface area (Å²) in [5.41, 5.74) is 1.21. The SMILES string of the molecule is CC(=O)Nc1ccc(NC(=O)[C@H](C)Sc2ccc(F)c(F)c2)cc1. The van der Waals surface area contributed by atoms with E-state index in [1.54, 1.807) is 31.2 Å². The maximum Gasteiger partial charge on any atom is 0.237 e. The van der Waals surface area contributed by atoms with E-state index in [4.69, 9.17) is 0 Å². The Morgan fingerprint density at radius 3 is 2.08 bits per heavy atom. The van der Waals surface area contributed by atoms with Gasteiger partial charge in [-0.15, -0.1) is 11.8 Å². The van der Waals surface area contributed by atoms with Crippen LogP contribution in [0.5, 0.6) is 0 Å². The van der Waals surface area contributed by atoms with Gasteiger partial charge in [0.05, 0.1) is 5.25 Å². The number of benzene rings is 2. The molecule has 0 aliphatic carbocycles. The molecule has 0 saturated carbocycles. The van der Waals surface area contributed by atoms with Gasteiger partial charge in [-0.25, -0.2) is 8.78 Å². The third-order valence-corrected chi connectivity index (χ3v) is 4.14. The average molecular weight is 350 g/mol. The average Bonchev–Trinajstić information content (AvgIpc) is 2.52. The largest absolute Gasteiger partial charge is 0.326 e. The highest BCUT2D eigenvalue weighted by Gasteiger charge is 2.15. The van der Waals surface area contributed by atoms with Crippen LogP contribution in [0.2, 0.25) is 0 Å². The number of thioether (sulfide) groups is 1. The van der Waals surface area contributed by atoms with Crippen molar-refractivity contribution in [2.75, 3.05) is 10.6 Å². The number of amides is 2. The van der Waals surface area contributed by atoms with Crippen molar-refractivity contribution < 1.29 is 18.4 Å². The molecule has 2 N–H and O–H groups in total. The van der Waals surface area contributed by atoms with Crippen molar-refractivity contribution in [3.05, 3.63) is 54.1 Å². The molecule has 0 radical (unpaired) electrons. The fourth-order valence-electron chi connectivity index (χ4n) is 1.89. The molecule has 0 fully saturated rings. The van der Waals surface area contributed by atoms with Gasteiger partial charge < -0.3 is 10.6 Å². The van der Waals surface area contributed by atoms with E-state index in [-0.39, 0.29) is 11.8 Å². The zero-order valence-electron chi connectivity index (χ0n) is 13.1. The zero-order valence-corrected chi connectivity index (χ0v) is 13.9. The number of hydrogen-bond acceptors (Lipinski definition) is 3. The highest BCUT2D eigenvalue weighted by Crippen LogP contribution is 2.26. The Morgan fingerprint density at radius 2 is 1.54 bits per heavy atom. The van der Waals surface area contributed by atoms with Crippen molar-refractivity contribution in [1.82, 2.24) is 0 Å². The Morgan fingerprint density at radius 1 is 0.958 bits per heavy atom. The van der Waals surface area contributed by atoms with Gasteiger partial charge in [0.15, 0.2) is 11.6 Å². The highest BCUT2D eigenvalue weighted by molar-refractivity contribution is 8.00. The van der Waals surface area contributed by atoms with E-state index in [0.717, 1.165) is 23.9 Å². The fourth-order valence-corrected chi connectivity index (χ4v) is 2.78. The summed E-state index contributed by atoms with van der Waals surface area (Å²) in [6.07, 6.45) is 0. The lowest BCUT2D eigenvalue weighted by atomic mass is 10.2. The van der Waals surface area contributed by atoms with Crippen molar-refractivity contribution in [3.8, 4) is 0 Å². The van der Waals surface area contributed by atoms with E-state index in [1.807, 2.05) is 0 Å². The van der Waals surface area contributed by atoms with Crippen LogP contribution in [0.25, 0.3) is 0 Å². The van der Waals surface area contributed by atoms with Crippen LogP contribution in [0.4, 0.5) is 20.2 Å². The summed E-state index contributed by atoms with van der Waals surface area (Å²) < 4.78 is 26.1. The Bertz CT molecular complexity index is 751. The predicted molar refractivity (Wildman–Crippen MR) is 91.1 cm³/mol. The number of hydrogen-bond donors (Lipinski definition) is 2. The van der Waals surface area contributed by atoms with Gasteiger partial charge in [-0.3, -0.25) is 9.59 Å². The molecule has 2 aromatic rings. The molecule has 2 aromatic carbocycles. The van der Waals surface area contributed by atoms with Crippen LogP contribution in [0, 0.1) is 11.6 Å². The maximum absolute atomic E-state index is 13.2. The van der Waals surface area contributed by atoms with E-state index in [9.17, 15) is 18.4 Å². The minimum atomic E-state index is -0.943. The van der Waals surface area contributed by atoms with Gasteiger partial charge in [-0.2, -0.15) is 0 Å².